The summed E-state index contributed by atoms with van der Waals surface area (Å²) in [5.74, 6) is 0.0740. The summed E-state index contributed by atoms with van der Waals surface area (Å²) in [5.41, 5.74) is 2.28. The van der Waals surface area contributed by atoms with E-state index in [1.54, 1.807) is 12.1 Å². The molecule has 130 valence electrons. The van der Waals surface area contributed by atoms with Crippen LogP contribution in [-0.4, -0.2) is 10.8 Å². The van der Waals surface area contributed by atoms with Crippen molar-refractivity contribution in [2.45, 2.75) is 18.1 Å². The van der Waals surface area contributed by atoms with Gasteiger partial charge >= 0.3 is 0 Å². The molecule has 2 aromatic carbocycles. The molecule has 0 bridgehead atoms. The normalized spacial score (nSPS) is 16.7. The van der Waals surface area contributed by atoms with E-state index >= 15 is 0 Å². The van der Waals surface area contributed by atoms with Gasteiger partial charge in [-0.25, -0.2) is 0 Å². The molecule has 0 fully saturated rings. The van der Waals surface area contributed by atoms with Gasteiger partial charge in [-0.15, -0.1) is 11.8 Å². The summed E-state index contributed by atoms with van der Waals surface area (Å²) in [6.07, 6.45) is 0.149. The molecule has 1 N–H and O–H groups in total. The molecule has 0 radical (unpaired) electrons. The Labute approximate surface area is 154 Å². The molecule has 7 heteroatoms. The molecule has 1 atom stereocenters. The number of thioether (sulfide) groups is 1. The molecule has 0 unspecified atom stereocenters. The van der Waals surface area contributed by atoms with Crippen LogP contribution in [0.4, 0.5) is 5.69 Å². The van der Waals surface area contributed by atoms with Crippen LogP contribution < -0.4 is 5.32 Å². The van der Waals surface area contributed by atoms with Crippen LogP contribution >= 0.6 is 11.8 Å². The Morgan fingerprint density at radius 1 is 1.19 bits per heavy atom. The third kappa shape index (κ3) is 3.92. The molecule has 1 amide bonds. The van der Waals surface area contributed by atoms with Gasteiger partial charge in [-0.1, -0.05) is 42.5 Å². The number of rotatable bonds is 5. The lowest BCUT2D eigenvalue weighted by atomic mass is 9.87. The minimum Gasteiger partial charge on any atom is -0.320 e. The number of carbonyl (C=O) groups excluding carboxylic acids is 1. The molecule has 26 heavy (non-hydrogen) atoms. The first-order valence-electron chi connectivity index (χ1n) is 7.93. The van der Waals surface area contributed by atoms with E-state index in [-0.39, 0.29) is 18.0 Å². The van der Waals surface area contributed by atoms with Gasteiger partial charge < -0.3 is 5.32 Å². The maximum absolute atomic E-state index is 12.1. The number of nitro benzene ring substituents is 1. The second-order valence-electron chi connectivity index (χ2n) is 5.78. The van der Waals surface area contributed by atoms with Crippen molar-refractivity contribution in [2.24, 2.45) is 0 Å². The molecule has 1 aliphatic rings. The molecule has 6 nitrogen and oxygen atoms in total. The number of amides is 1. The molecule has 0 spiro atoms. The molecule has 1 heterocycles. The van der Waals surface area contributed by atoms with Crippen molar-refractivity contribution >= 4 is 23.4 Å². The number of hydrogen-bond donors (Lipinski definition) is 1. The van der Waals surface area contributed by atoms with E-state index in [2.05, 4.69) is 11.4 Å². The van der Waals surface area contributed by atoms with Crippen LogP contribution in [0.5, 0.6) is 0 Å². The highest BCUT2D eigenvalue weighted by molar-refractivity contribution is 8.02. The number of nitriles is 1. The quantitative estimate of drug-likeness (QED) is 0.641. The summed E-state index contributed by atoms with van der Waals surface area (Å²) >= 11 is 1.41. The summed E-state index contributed by atoms with van der Waals surface area (Å²) in [7, 11) is 0. The lowest BCUT2D eigenvalue weighted by molar-refractivity contribution is -0.384. The van der Waals surface area contributed by atoms with Gasteiger partial charge in [0.05, 0.1) is 21.6 Å². The number of carbonyl (C=O) groups is 1. The summed E-state index contributed by atoms with van der Waals surface area (Å²) in [6, 6.07) is 18.0. The maximum Gasteiger partial charge on any atom is 0.269 e. The zero-order chi connectivity index (χ0) is 18.5. The molecule has 0 aliphatic carbocycles. The van der Waals surface area contributed by atoms with Crippen molar-refractivity contribution in [3.63, 3.8) is 0 Å². The summed E-state index contributed by atoms with van der Waals surface area (Å²) in [4.78, 5) is 22.5. The van der Waals surface area contributed by atoms with Crippen molar-refractivity contribution in [1.82, 2.24) is 5.32 Å². The number of nitro groups is 1. The molecule has 3 rings (SSSR count). The lowest BCUT2D eigenvalue weighted by Crippen LogP contribution is -2.30. The van der Waals surface area contributed by atoms with Gasteiger partial charge in [-0.3, -0.25) is 14.9 Å². The van der Waals surface area contributed by atoms with Crippen LogP contribution in [0.1, 0.15) is 23.5 Å². The molecule has 2 aromatic rings. The van der Waals surface area contributed by atoms with E-state index in [1.165, 1.54) is 23.9 Å². The largest absolute Gasteiger partial charge is 0.320 e. The van der Waals surface area contributed by atoms with Crippen molar-refractivity contribution < 1.29 is 9.72 Å². The highest BCUT2D eigenvalue weighted by atomic mass is 32.2. The van der Waals surface area contributed by atoms with Gasteiger partial charge in [0.1, 0.15) is 0 Å². The van der Waals surface area contributed by atoms with Crippen LogP contribution in [0.25, 0.3) is 0 Å². The van der Waals surface area contributed by atoms with Gasteiger partial charge in [-0.05, 0) is 11.1 Å². The first-order valence-corrected chi connectivity index (χ1v) is 8.92. The highest BCUT2D eigenvalue weighted by Crippen LogP contribution is 2.37. The van der Waals surface area contributed by atoms with E-state index in [1.807, 2.05) is 30.3 Å². The number of nitrogens with zero attached hydrogens (tertiary/aromatic N) is 2. The predicted octanol–water partition coefficient (Wildman–Crippen LogP) is 3.87. The van der Waals surface area contributed by atoms with Crippen LogP contribution in [0.15, 0.2) is 65.2 Å². The number of benzene rings is 2. The zero-order valence-electron chi connectivity index (χ0n) is 13.7. The van der Waals surface area contributed by atoms with E-state index in [9.17, 15) is 20.2 Å². The van der Waals surface area contributed by atoms with Gasteiger partial charge in [0.15, 0.2) is 0 Å². The second-order valence-corrected chi connectivity index (χ2v) is 6.77. The number of allylic oxidation sites excluding steroid dienone is 1. The van der Waals surface area contributed by atoms with Crippen LogP contribution in [0.3, 0.4) is 0 Å². The Kier molecular flexibility index (Phi) is 5.34. The van der Waals surface area contributed by atoms with E-state index in [4.69, 9.17) is 0 Å². The molecule has 0 saturated carbocycles. The van der Waals surface area contributed by atoms with Crippen LogP contribution in [0.2, 0.25) is 0 Å². The van der Waals surface area contributed by atoms with E-state index in [0.29, 0.717) is 16.4 Å². The molecule has 0 aromatic heterocycles. The second kappa shape index (κ2) is 7.85. The number of hydrogen-bond acceptors (Lipinski definition) is 5. The van der Waals surface area contributed by atoms with Gasteiger partial charge in [0, 0.05) is 30.2 Å². The summed E-state index contributed by atoms with van der Waals surface area (Å²) < 4.78 is 0. The standard InChI is InChI=1S/C19H15N3O3S/c20-11-17-16(14-6-8-15(9-7-14)22(24)25)10-18(23)21-19(17)26-12-13-4-2-1-3-5-13/h1-9,16H,10,12H2,(H,21,23)/t16-/m1/s1. The molecular weight excluding hydrogens is 350 g/mol. The van der Waals surface area contributed by atoms with Crippen molar-refractivity contribution in [2.75, 3.05) is 0 Å². The topological polar surface area (TPSA) is 96.0 Å². The van der Waals surface area contributed by atoms with Gasteiger partial charge in [0.2, 0.25) is 5.91 Å². The van der Waals surface area contributed by atoms with E-state index in [0.717, 1.165) is 11.1 Å². The van der Waals surface area contributed by atoms with Crippen molar-refractivity contribution in [3.05, 3.63) is 86.4 Å². The Bertz CT molecular complexity index is 902. The summed E-state index contributed by atoms with van der Waals surface area (Å²) in [6.45, 7) is 0. The van der Waals surface area contributed by atoms with Crippen molar-refractivity contribution in [3.8, 4) is 6.07 Å². The van der Waals surface area contributed by atoms with Crippen molar-refractivity contribution in [1.29, 1.82) is 5.26 Å². The van der Waals surface area contributed by atoms with E-state index < -0.39 is 10.8 Å². The molecule has 1 aliphatic heterocycles. The predicted molar refractivity (Wildman–Crippen MR) is 99.0 cm³/mol. The summed E-state index contributed by atoms with van der Waals surface area (Å²) in [5, 5.41) is 23.8. The molecule has 0 saturated heterocycles. The first-order chi connectivity index (χ1) is 12.6. The van der Waals surface area contributed by atoms with Crippen LogP contribution in [-0.2, 0) is 10.5 Å². The first kappa shape index (κ1) is 17.7. The Morgan fingerprint density at radius 3 is 2.50 bits per heavy atom. The minimum atomic E-state index is -0.473. The van der Waals surface area contributed by atoms with Gasteiger partial charge in [-0.2, -0.15) is 5.26 Å². The monoisotopic (exact) mass is 365 g/mol. The zero-order valence-corrected chi connectivity index (χ0v) is 14.5. The SMILES string of the molecule is N#CC1=C(SCc2ccccc2)NC(=O)C[C@@H]1c1ccc([N+](=O)[O-])cc1. The number of nitrogens with one attached hydrogen (secondary N) is 1. The minimum absolute atomic E-state index is 0.0184. The lowest BCUT2D eigenvalue weighted by Gasteiger charge is -2.25. The fourth-order valence-electron chi connectivity index (χ4n) is 2.78. The average Bonchev–Trinajstić information content (AvgIpc) is 2.66. The fourth-order valence-corrected chi connectivity index (χ4v) is 3.81. The fraction of sp³-hybridized carbons (Fsp3) is 0.158. The van der Waals surface area contributed by atoms with Crippen LogP contribution in [0, 0.1) is 21.4 Å². The third-order valence-electron chi connectivity index (χ3n) is 4.09. The highest BCUT2D eigenvalue weighted by Gasteiger charge is 2.29. The third-order valence-corrected chi connectivity index (χ3v) is 5.18. The Balaban J connectivity index is 1.88. The average molecular weight is 365 g/mol. The number of non-ortho nitro benzene ring substituents is 1. The Hall–Kier alpha value is -3.11. The molecular formula is C19H15N3O3S. The Morgan fingerprint density at radius 2 is 1.88 bits per heavy atom. The van der Waals surface area contributed by atoms with Gasteiger partial charge in [0.25, 0.3) is 5.69 Å². The maximum atomic E-state index is 12.1. The smallest absolute Gasteiger partial charge is 0.269 e.